The van der Waals surface area contributed by atoms with Crippen molar-refractivity contribution in [2.75, 3.05) is 38.2 Å². The molecule has 3 aromatic carbocycles. The number of amides is 1. The van der Waals surface area contributed by atoms with E-state index >= 15 is 0 Å². The minimum absolute atomic E-state index is 0.0353. The van der Waals surface area contributed by atoms with Crippen molar-refractivity contribution in [2.45, 2.75) is 37.5 Å². The fraction of sp³-hybridized carbons (Fsp3) is 0.367. The average Bonchev–Trinajstić information content (AvgIpc) is 2.90. The molecule has 2 heterocycles. The zero-order valence-electron chi connectivity index (χ0n) is 20.0. The second-order valence-electron chi connectivity index (χ2n) is 9.54. The van der Waals surface area contributed by atoms with Gasteiger partial charge >= 0.3 is 0 Å². The van der Waals surface area contributed by atoms with Gasteiger partial charge in [0.05, 0.1) is 12.3 Å². The van der Waals surface area contributed by atoms with Crippen molar-refractivity contribution >= 4 is 11.6 Å². The van der Waals surface area contributed by atoms with E-state index in [4.69, 9.17) is 4.74 Å². The summed E-state index contributed by atoms with van der Waals surface area (Å²) in [5.41, 5.74) is 4.75. The fourth-order valence-corrected chi connectivity index (χ4v) is 5.50. The Morgan fingerprint density at radius 3 is 2.24 bits per heavy atom. The molecule has 1 atom stereocenters. The predicted molar refractivity (Wildman–Crippen MR) is 138 cm³/mol. The summed E-state index contributed by atoms with van der Waals surface area (Å²) in [4.78, 5) is 17.0. The number of piperidine rings is 1. The van der Waals surface area contributed by atoms with Crippen molar-refractivity contribution < 1.29 is 9.53 Å². The number of ether oxygens (including phenoxy) is 1. The van der Waals surface area contributed by atoms with Crippen molar-refractivity contribution in [3.8, 4) is 5.75 Å². The minimum atomic E-state index is 0.0353. The van der Waals surface area contributed by atoms with E-state index in [-0.39, 0.29) is 11.8 Å². The molecule has 0 spiro atoms. The Balaban J connectivity index is 1.20. The van der Waals surface area contributed by atoms with Crippen molar-refractivity contribution in [3.05, 3.63) is 95.6 Å². The highest BCUT2D eigenvalue weighted by atomic mass is 16.5. The summed E-state index contributed by atoms with van der Waals surface area (Å²) in [6.45, 7) is 4.07. The van der Waals surface area contributed by atoms with Crippen LogP contribution in [0.3, 0.4) is 0 Å². The summed E-state index contributed by atoms with van der Waals surface area (Å²) < 4.78 is 6.36. The van der Waals surface area contributed by atoms with Crippen LogP contribution in [0.5, 0.6) is 5.75 Å². The van der Waals surface area contributed by atoms with E-state index in [2.05, 4.69) is 53.4 Å². The first-order chi connectivity index (χ1) is 16.7. The number of anilines is 1. The van der Waals surface area contributed by atoms with E-state index < -0.39 is 0 Å². The number of carbonyl (C=O) groups excluding carboxylic acids is 1. The molecule has 0 bridgehead atoms. The van der Waals surface area contributed by atoms with Gasteiger partial charge in [0.1, 0.15) is 5.75 Å². The van der Waals surface area contributed by atoms with Crippen molar-refractivity contribution in [3.63, 3.8) is 0 Å². The lowest BCUT2D eigenvalue weighted by Gasteiger charge is -2.33. The molecule has 5 rings (SSSR count). The van der Waals surface area contributed by atoms with Gasteiger partial charge < -0.3 is 14.5 Å². The Morgan fingerprint density at radius 1 is 0.853 bits per heavy atom. The summed E-state index contributed by atoms with van der Waals surface area (Å²) >= 11 is 0. The lowest BCUT2D eigenvalue weighted by molar-refractivity contribution is -0.118. The molecule has 0 aromatic heterocycles. The maximum Gasteiger partial charge on any atom is 0.227 e. The summed E-state index contributed by atoms with van der Waals surface area (Å²) in [5.74, 6) is 1.79. The molecule has 34 heavy (non-hydrogen) atoms. The number of rotatable bonds is 7. The molecule has 1 unspecified atom stereocenters. The molecular formula is C30H34N2O2. The molecule has 4 nitrogen and oxygen atoms in total. The largest absolute Gasteiger partial charge is 0.493 e. The summed E-state index contributed by atoms with van der Waals surface area (Å²) in [5, 5.41) is 0. The van der Waals surface area contributed by atoms with Crippen LogP contribution in [0, 0.1) is 0 Å². The maximum atomic E-state index is 12.7. The summed E-state index contributed by atoms with van der Waals surface area (Å²) in [6.07, 6.45) is 3.95. The zero-order chi connectivity index (χ0) is 23.3. The second kappa shape index (κ2) is 10.4. The van der Waals surface area contributed by atoms with Crippen LogP contribution < -0.4 is 9.64 Å². The van der Waals surface area contributed by atoms with Crippen molar-refractivity contribution in [1.82, 2.24) is 4.90 Å². The quantitative estimate of drug-likeness (QED) is 0.421. The van der Waals surface area contributed by atoms with Crippen LogP contribution in [0.1, 0.15) is 54.2 Å². The highest BCUT2D eigenvalue weighted by molar-refractivity contribution is 5.97. The van der Waals surface area contributed by atoms with Gasteiger partial charge in [0, 0.05) is 31.5 Å². The minimum Gasteiger partial charge on any atom is -0.493 e. The summed E-state index contributed by atoms with van der Waals surface area (Å²) in [6, 6.07) is 27.4. The van der Waals surface area contributed by atoms with Gasteiger partial charge in [-0.25, -0.2) is 0 Å². The van der Waals surface area contributed by atoms with E-state index in [1.807, 2.05) is 37.4 Å². The van der Waals surface area contributed by atoms with Crippen LogP contribution in [0.4, 0.5) is 5.69 Å². The normalized spacial score (nSPS) is 19.1. The number of carbonyl (C=O) groups is 1. The lowest BCUT2D eigenvalue weighted by Crippen LogP contribution is -2.34. The third-order valence-corrected chi connectivity index (χ3v) is 7.44. The first-order valence-corrected chi connectivity index (χ1v) is 12.5. The van der Waals surface area contributed by atoms with Gasteiger partial charge in [-0.1, -0.05) is 66.7 Å². The van der Waals surface area contributed by atoms with Gasteiger partial charge in [-0.3, -0.25) is 4.79 Å². The number of hydrogen-bond acceptors (Lipinski definition) is 3. The molecule has 1 saturated heterocycles. The molecule has 1 amide bonds. The average molecular weight is 455 g/mol. The lowest BCUT2D eigenvalue weighted by atomic mass is 9.83. The number of hydrogen-bond donors (Lipinski definition) is 0. The molecule has 3 aromatic rings. The first kappa shape index (κ1) is 22.7. The number of nitrogens with zero attached hydrogens (tertiary/aromatic N) is 2. The van der Waals surface area contributed by atoms with Gasteiger partial charge in [0.15, 0.2) is 0 Å². The van der Waals surface area contributed by atoms with Crippen molar-refractivity contribution in [1.29, 1.82) is 0 Å². The molecule has 2 aliphatic heterocycles. The standard InChI is InChI=1S/C30H34N2O2/c1-31-27-14-8-15-28(30(27)26(22-29(31)33)25-12-6-3-7-13-25)34-21-9-18-32-19-16-24(17-20-32)23-10-4-2-5-11-23/h2-8,10-15,24,26H,9,16-22H2,1H3. The Bertz CT molecular complexity index is 1090. The molecule has 0 N–H and O–H groups in total. The SMILES string of the molecule is CN1C(=O)CC(c2ccccc2)c2c(OCCCN3CCC(c4ccccc4)CC3)cccc21. The van der Waals surface area contributed by atoms with E-state index in [0.29, 0.717) is 18.9 Å². The second-order valence-corrected chi connectivity index (χ2v) is 9.54. The molecular weight excluding hydrogens is 420 g/mol. The Hall–Kier alpha value is -3.11. The molecule has 4 heteroatoms. The Labute approximate surface area is 203 Å². The number of fused-ring (bicyclic) bond motifs is 1. The topological polar surface area (TPSA) is 32.8 Å². The van der Waals surface area contributed by atoms with Gasteiger partial charge in [0.25, 0.3) is 0 Å². The predicted octanol–water partition coefficient (Wildman–Crippen LogP) is 5.83. The van der Waals surface area contributed by atoms with Crippen LogP contribution >= 0.6 is 0 Å². The van der Waals surface area contributed by atoms with Gasteiger partial charge in [-0.2, -0.15) is 0 Å². The molecule has 1 fully saturated rings. The highest BCUT2D eigenvalue weighted by Gasteiger charge is 2.33. The Morgan fingerprint density at radius 2 is 1.53 bits per heavy atom. The van der Waals surface area contributed by atoms with E-state index in [1.165, 1.54) is 24.0 Å². The van der Waals surface area contributed by atoms with Crippen LogP contribution in [-0.2, 0) is 4.79 Å². The van der Waals surface area contributed by atoms with E-state index in [1.54, 1.807) is 4.90 Å². The van der Waals surface area contributed by atoms with Crippen LogP contribution in [0.2, 0.25) is 0 Å². The van der Waals surface area contributed by atoms with E-state index in [0.717, 1.165) is 43.1 Å². The van der Waals surface area contributed by atoms with E-state index in [9.17, 15) is 4.79 Å². The van der Waals surface area contributed by atoms with Crippen molar-refractivity contribution in [2.24, 2.45) is 0 Å². The Kier molecular flexibility index (Phi) is 6.96. The third-order valence-electron chi connectivity index (χ3n) is 7.44. The molecule has 0 radical (unpaired) electrons. The smallest absolute Gasteiger partial charge is 0.227 e. The summed E-state index contributed by atoms with van der Waals surface area (Å²) in [7, 11) is 1.87. The van der Waals surface area contributed by atoms with Gasteiger partial charge in [-0.05, 0) is 61.5 Å². The molecule has 2 aliphatic rings. The third kappa shape index (κ3) is 4.88. The maximum absolute atomic E-state index is 12.7. The highest BCUT2D eigenvalue weighted by Crippen LogP contribution is 2.44. The molecule has 176 valence electrons. The van der Waals surface area contributed by atoms with Crippen LogP contribution in [-0.4, -0.2) is 44.1 Å². The fourth-order valence-electron chi connectivity index (χ4n) is 5.50. The molecule has 0 saturated carbocycles. The van der Waals surface area contributed by atoms with Crippen LogP contribution in [0.25, 0.3) is 0 Å². The molecule has 0 aliphatic carbocycles. The van der Waals surface area contributed by atoms with Gasteiger partial charge in [-0.15, -0.1) is 0 Å². The monoisotopic (exact) mass is 454 g/mol. The zero-order valence-corrected chi connectivity index (χ0v) is 20.0. The number of benzene rings is 3. The van der Waals surface area contributed by atoms with Crippen LogP contribution in [0.15, 0.2) is 78.9 Å². The first-order valence-electron chi connectivity index (χ1n) is 12.5. The van der Waals surface area contributed by atoms with Gasteiger partial charge in [0.2, 0.25) is 5.91 Å². The number of likely N-dealkylation sites (tertiary alicyclic amines) is 1.